The lowest BCUT2D eigenvalue weighted by Gasteiger charge is -2.40. The number of nitrogens with zero attached hydrogens (tertiary/aromatic N) is 3. The van der Waals surface area contributed by atoms with Crippen LogP contribution in [0.4, 0.5) is 20.1 Å². The Morgan fingerprint density at radius 2 is 1.37 bits per heavy atom. The van der Waals surface area contributed by atoms with Gasteiger partial charge in [0.15, 0.2) is 14.1 Å². The Hall–Kier alpha value is -4.80. The van der Waals surface area contributed by atoms with E-state index in [1.54, 1.807) is 71.9 Å². The Morgan fingerprint density at radius 1 is 0.783 bits per heavy atom. The highest BCUT2D eigenvalue weighted by Gasteiger charge is 2.40. The quantitative estimate of drug-likeness (QED) is 0.0283. The first-order chi connectivity index (χ1) is 27.8. The van der Waals surface area contributed by atoms with Gasteiger partial charge in [-0.1, -0.05) is 51.8 Å². The molecule has 0 spiro atoms. The number of carbonyl (C=O) groups is 3. The minimum Gasteiger partial charge on any atom is -0.465 e. The molecule has 0 aliphatic carbocycles. The summed E-state index contributed by atoms with van der Waals surface area (Å²) in [4.78, 5) is 54.6. The van der Waals surface area contributed by atoms with Crippen molar-refractivity contribution < 1.29 is 52.5 Å². The molecular weight excluding hydrogens is 791 g/mol. The molecule has 0 saturated carbocycles. The number of non-ortho nitro benzene ring substituents is 1. The fraction of sp³-hybridized carbons (Fsp3) is 0.591. The van der Waals surface area contributed by atoms with Crippen LogP contribution in [0.15, 0.2) is 48.5 Å². The molecule has 1 aromatic heterocycles. The van der Waals surface area contributed by atoms with Gasteiger partial charge in [0.1, 0.15) is 16.7 Å². The van der Waals surface area contributed by atoms with Crippen LogP contribution >= 0.6 is 0 Å². The van der Waals surface area contributed by atoms with E-state index in [1.807, 2.05) is 0 Å². The molecule has 2 aromatic carbocycles. The Kier molecular flexibility index (Phi) is 17.9. The maximum atomic E-state index is 12.8. The first-order valence-electron chi connectivity index (χ1n) is 20.6. The second-order valence-corrected chi connectivity index (χ2v) is 23.1. The van der Waals surface area contributed by atoms with Crippen molar-refractivity contribution in [2.45, 2.75) is 143 Å². The summed E-state index contributed by atoms with van der Waals surface area (Å²) in [6.07, 6.45) is 2.10. The van der Waals surface area contributed by atoms with Gasteiger partial charge < -0.3 is 38.1 Å². The smallest absolute Gasteiger partial charge is 0.465 e. The van der Waals surface area contributed by atoms with Crippen molar-refractivity contribution >= 4 is 43.3 Å². The molecule has 3 rings (SSSR count). The number of carbonyl (C=O) groups excluding carboxylic acids is 2. The maximum Gasteiger partial charge on any atom is 0.515 e. The first kappa shape index (κ1) is 49.6. The second kappa shape index (κ2) is 21.6. The fourth-order valence-electron chi connectivity index (χ4n) is 5.81. The summed E-state index contributed by atoms with van der Waals surface area (Å²) in [6, 6.07) is 13.1. The topological polar surface area (TPSA) is 186 Å². The van der Waals surface area contributed by atoms with Gasteiger partial charge in [0, 0.05) is 43.3 Å². The summed E-state index contributed by atoms with van der Waals surface area (Å²) in [6.45, 7) is 22.3. The van der Waals surface area contributed by atoms with Crippen LogP contribution in [0, 0.1) is 10.1 Å². The van der Waals surface area contributed by atoms with Gasteiger partial charge in [-0.15, -0.1) is 0 Å². The number of hydrogen-bond donors (Lipinski definition) is 1. The van der Waals surface area contributed by atoms with E-state index in [2.05, 4.69) is 38.8 Å². The van der Waals surface area contributed by atoms with Crippen molar-refractivity contribution in [2.75, 3.05) is 26.3 Å². The molecule has 3 aromatic rings. The number of nitro benzene ring substituents is 1. The number of rotatable bonds is 20. The van der Waals surface area contributed by atoms with Crippen molar-refractivity contribution in [3.05, 3.63) is 69.8 Å². The zero-order valence-corrected chi connectivity index (χ0v) is 38.3. The third-order valence-electron chi connectivity index (χ3n) is 9.85. The van der Waals surface area contributed by atoms with Gasteiger partial charge >= 0.3 is 18.4 Å². The van der Waals surface area contributed by atoms with E-state index in [-0.39, 0.29) is 34.4 Å². The Bertz CT molecular complexity index is 1900. The molecule has 16 heteroatoms. The lowest BCUT2D eigenvalue weighted by atomic mass is 10.0. The average Bonchev–Trinajstić information content (AvgIpc) is 3.11. The summed E-state index contributed by atoms with van der Waals surface area (Å²) >= 11 is 0. The Morgan fingerprint density at radius 3 is 1.93 bits per heavy atom. The molecule has 0 saturated heterocycles. The number of benzene rings is 2. The number of aryl methyl sites for hydroxylation is 1. The van der Waals surface area contributed by atoms with Gasteiger partial charge in [0.2, 0.25) is 5.88 Å². The minimum atomic E-state index is -2.52. The lowest BCUT2D eigenvalue weighted by molar-refractivity contribution is -0.384. The van der Waals surface area contributed by atoms with E-state index in [0.717, 1.165) is 44.1 Å². The Balaban J connectivity index is 1.74. The fourth-order valence-corrected chi connectivity index (χ4v) is 7.08. The largest absolute Gasteiger partial charge is 0.515 e. The molecule has 0 bridgehead atoms. The van der Waals surface area contributed by atoms with Crippen LogP contribution in [-0.4, -0.2) is 84.1 Å². The minimum absolute atomic E-state index is 0.0301. The summed E-state index contributed by atoms with van der Waals surface area (Å²) in [5, 5.41) is 21.6. The molecule has 1 heterocycles. The molecule has 0 aliphatic heterocycles. The maximum absolute atomic E-state index is 12.8. The van der Waals surface area contributed by atoms with E-state index in [4.69, 9.17) is 28.1 Å². The summed E-state index contributed by atoms with van der Waals surface area (Å²) < 4.78 is 34.6. The van der Waals surface area contributed by atoms with Crippen molar-refractivity contribution in [1.82, 2.24) is 9.88 Å². The number of carboxylic acid groups (broad SMARTS) is 1. The van der Waals surface area contributed by atoms with E-state index in [1.165, 1.54) is 23.1 Å². The van der Waals surface area contributed by atoms with Crippen molar-refractivity contribution in [1.29, 1.82) is 0 Å². The Labute approximate surface area is 355 Å². The number of pyridine rings is 1. The number of unbranched alkanes of at least 4 members (excludes halogenated alkanes) is 4. The molecule has 1 atom stereocenters. The monoisotopic (exact) mass is 855 g/mol. The average molecular weight is 856 g/mol. The van der Waals surface area contributed by atoms with Crippen LogP contribution in [-0.2, 0) is 25.1 Å². The first-order valence-corrected chi connectivity index (χ1v) is 23.5. The van der Waals surface area contributed by atoms with Crippen LogP contribution in [0.3, 0.4) is 0 Å². The predicted octanol–water partition coefficient (Wildman–Crippen LogP) is 11.4. The van der Waals surface area contributed by atoms with Crippen molar-refractivity contribution in [3.8, 4) is 11.6 Å². The molecule has 332 valence electrons. The number of fused-ring (bicyclic) bond motifs is 1. The van der Waals surface area contributed by atoms with Gasteiger partial charge in [-0.3, -0.25) is 10.1 Å². The van der Waals surface area contributed by atoms with Crippen molar-refractivity contribution in [2.24, 2.45) is 0 Å². The van der Waals surface area contributed by atoms with Gasteiger partial charge in [-0.05, 0) is 115 Å². The normalized spacial score (nSPS) is 12.8. The second-order valence-electron chi connectivity index (χ2n) is 18.3. The predicted molar refractivity (Wildman–Crippen MR) is 231 cm³/mol. The number of amides is 1. The van der Waals surface area contributed by atoms with Crippen LogP contribution in [0.5, 0.6) is 11.6 Å². The molecule has 1 unspecified atom stereocenters. The zero-order chi connectivity index (χ0) is 44.9. The van der Waals surface area contributed by atoms with Gasteiger partial charge in [0.05, 0.1) is 17.6 Å². The summed E-state index contributed by atoms with van der Waals surface area (Å²) in [7, 11) is -2.52. The summed E-state index contributed by atoms with van der Waals surface area (Å²) in [5.74, 6) is -0.0490. The van der Waals surface area contributed by atoms with Crippen LogP contribution in [0.2, 0.25) is 18.1 Å². The highest BCUT2D eigenvalue weighted by atomic mass is 28.4. The van der Waals surface area contributed by atoms with Gasteiger partial charge in [-0.25, -0.2) is 19.4 Å². The van der Waals surface area contributed by atoms with E-state index in [0.29, 0.717) is 37.1 Å². The number of ether oxygens (including phenoxy) is 5. The molecule has 60 heavy (non-hydrogen) atoms. The van der Waals surface area contributed by atoms with E-state index in [9.17, 15) is 29.6 Å². The lowest BCUT2D eigenvalue weighted by Crippen LogP contribution is -2.45. The number of aromatic nitrogens is 1. The molecule has 0 fully saturated rings. The van der Waals surface area contributed by atoms with Crippen LogP contribution in [0.25, 0.3) is 10.9 Å². The van der Waals surface area contributed by atoms with Crippen molar-refractivity contribution in [3.63, 3.8) is 0 Å². The van der Waals surface area contributed by atoms with E-state index >= 15 is 0 Å². The number of nitro groups is 1. The van der Waals surface area contributed by atoms with Crippen LogP contribution in [0.1, 0.15) is 118 Å². The third-order valence-corrected chi connectivity index (χ3v) is 14.3. The zero-order valence-electron chi connectivity index (χ0n) is 37.3. The molecule has 0 radical (unpaired) electrons. The SMILES string of the molecule is CC(C)(C)OC(=O)Oc1ccc2c(C(CN(CCCCCCOCCCCc3ccc([N+](=O)[O-])cc3)C(=O)O)O[Si](C)(C)C(C)(C)C)ccc(OC(=O)OC(C)(C)C)c2n1. The third kappa shape index (κ3) is 16.7. The van der Waals surface area contributed by atoms with Crippen LogP contribution < -0.4 is 9.47 Å². The summed E-state index contributed by atoms with van der Waals surface area (Å²) in [5.41, 5.74) is 0.305. The highest BCUT2D eigenvalue weighted by molar-refractivity contribution is 6.74. The van der Waals surface area contributed by atoms with E-state index < -0.39 is 49.0 Å². The van der Waals surface area contributed by atoms with Gasteiger partial charge in [-0.2, -0.15) is 0 Å². The molecule has 0 aliphatic rings. The number of hydrogen-bond acceptors (Lipinski definition) is 12. The standard InChI is InChI=1S/C44H65N3O12Si/c1-42(2,3)57-40(50)55-35-25-23-33(34-24-26-37(45-38(34)35)56-41(51)58-43(4,5)6)36(59-60(10,11)44(7,8)9)30-46(39(48)49)27-15-12-13-16-28-54-29-17-14-18-31-19-21-32(22-20-31)47(52)53/h19-26,36H,12-18,27-30H2,1-11H3,(H,48,49). The molecule has 1 amide bonds. The highest BCUT2D eigenvalue weighted by Crippen LogP contribution is 2.42. The molecular formula is C44H65N3O12Si. The molecule has 1 N–H and O–H groups in total. The van der Waals surface area contributed by atoms with Gasteiger partial charge in [0.25, 0.3) is 5.69 Å². The molecule has 15 nitrogen and oxygen atoms in total.